The van der Waals surface area contributed by atoms with Crippen LogP contribution in [0.1, 0.15) is 5.56 Å². The number of halogens is 2. The topological polar surface area (TPSA) is 49.9 Å². The third kappa shape index (κ3) is 2.56. The van der Waals surface area contributed by atoms with Gasteiger partial charge in [-0.1, -0.05) is 35.3 Å². The number of carbonyl (C=O) groups is 2. The van der Waals surface area contributed by atoms with Gasteiger partial charge in [-0.25, -0.2) is 9.59 Å². The molecule has 0 aromatic heterocycles. The highest BCUT2D eigenvalue weighted by Crippen LogP contribution is 2.39. The van der Waals surface area contributed by atoms with E-state index in [4.69, 9.17) is 27.9 Å². The first-order chi connectivity index (χ1) is 12.0. The molecule has 4 rings (SSSR count). The number of nitrogens with zero attached hydrogens (tertiary/aromatic N) is 2. The molecule has 2 aromatic carbocycles. The molecule has 2 aliphatic heterocycles. The average molecular weight is 375 g/mol. The summed E-state index contributed by atoms with van der Waals surface area (Å²) in [5.41, 5.74) is 2.74. The van der Waals surface area contributed by atoms with Crippen LogP contribution in [0.15, 0.2) is 53.9 Å². The lowest BCUT2D eigenvalue weighted by molar-refractivity contribution is -0.151. The molecule has 25 heavy (non-hydrogen) atoms. The summed E-state index contributed by atoms with van der Waals surface area (Å²) in [5, 5.41) is 1.08. The minimum absolute atomic E-state index is 0.186. The Morgan fingerprint density at radius 2 is 1.68 bits per heavy atom. The van der Waals surface area contributed by atoms with Crippen molar-refractivity contribution in [3.63, 3.8) is 0 Å². The highest BCUT2D eigenvalue weighted by atomic mass is 35.5. The Hall–Kier alpha value is -2.50. The average Bonchev–Trinajstić information content (AvgIpc) is 2.79. The Kier molecular flexibility index (Phi) is 3.71. The second-order valence-electron chi connectivity index (χ2n) is 5.77. The van der Waals surface area contributed by atoms with Gasteiger partial charge in [-0.2, -0.15) is 0 Å². The predicted molar refractivity (Wildman–Crippen MR) is 95.6 cm³/mol. The van der Waals surface area contributed by atoms with Gasteiger partial charge in [0.15, 0.2) is 11.4 Å². The molecular weight excluding hydrogens is 363 g/mol. The zero-order valence-electron chi connectivity index (χ0n) is 13.1. The Bertz CT molecular complexity index is 955. The van der Waals surface area contributed by atoms with Crippen molar-refractivity contribution in [1.82, 2.24) is 0 Å². The molecule has 126 valence electrons. The zero-order chi connectivity index (χ0) is 17.7. The number of anilines is 2. The standard InChI is InChI=1S/C18H12Cl2N2O3/c1-21-14-8-12(20)6-5-10(14)9-22(13-4-2-3-11(19)7-13)16-15(21)17(23)25-18(16)24/h2-8H,9H2,1H3. The molecule has 0 radical (unpaired) electrons. The first-order valence-electron chi connectivity index (χ1n) is 7.52. The molecule has 5 nitrogen and oxygen atoms in total. The molecule has 0 unspecified atom stereocenters. The number of esters is 2. The second-order valence-corrected chi connectivity index (χ2v) is 6.65. The molecule has 0 atom stereocenters. The van der Waals surface area contributed by atoms with E-state index in [-0.39, 0.29) is 11.4 Å². The van der Waals surface area contributed by atoms with Crippen LogP contribution >= 0.6 is 23.2 Å². The number of benzene rings is 2. The van der Waals surface area contributed by atoms with Gasteiger partial charge in [0.2, 0.25) is 0 Å². The lowest BCUT2D eigenvalue weighted by Crippen LogP contribution is -2.26. The highest BCUT2D eigenvalue weighted by Gasteiger charge is 2.42. The third-order valence-electron chi connectivity index (χ3n) is 4.26. The zero-order valence-corrected chi connectivity index (χ0v) is 14.6. The van der Waals surface area contributed by atoms with Gasteiger partial charge in [0.1, 0.15) is 0 Å². The molecule has 0 saturated heterocycles. The monoisotopic (exact) mass is 374 g/mol. The van der Waals surface area contributed by atoms with Gasteiger partial charge in [0.05, 0.1) is 6.54 Å². The van der Waals surface area contributed by atoms with Crippen molar-refractivity contribution in [1.29, 1.82) is 0 Å². The maximum absolute atomic E-state index is 12.4. The van der Waals surface area contributed by atoms with E-state index < -0.39 is 11.9 Å². The van der Waals surface area contributed by atoms with Gasteiger partial charge in [0.25, 0.3) is 0 Å². The van der Waals surface area contributed by atoms with Crippen LogP contribution in [0, 0.1) is 0 Å². The minimum Gasteiger partial charge on any atom is -0.383 e. The molecule has 7 heteroatoms. The van der Waals surface area contributed by atoms with Crippen LogP contribution in [0.4, 0.5) is 11.4 Å². The van der Waals surface area contributed by atoms with E-state index in [1.165, 1.54) is 0 Å². The lowest BCUT2D eigenvalue weighted by Gasteiger charge is -2.23. The molecule has 0 N–H and O–H groups in total. The number of cyclic esters (lactones) is 2. The Morgan fingerprint density at radius 3 is 2.44 bits per heavy atom. The van der Waals surface area contributed by atoms with Crippen LogP contribution in [0.25, 0.3) is 0 Å². The molecule has 0 aliphatic carbocycles. The maximum Gasteiger partial charge on any atom is 0.365 e. The minimum atomic E-state index is -0.678. The third-order valence-corrected chi connectivity index (χ3v) is 4.73. The molecule has 0 bridgehead atoms. The summed E-state index contributed by atoms with van der Waals surface area (Å²) in [5.74, 6) is -1.35. The number of rotatable bonds is 1. The fourth-order valence-corrected chi connectivity index (χ4v) is 3.48. The van der Waals surface area contributed by atoms with Crippen LogP contribution in [0.5, 0.6) is 0 Å². The molecule has 0 fully saturated rings. The fraction of sp³-hybridized carbons (Fsp3) is 0.111. The van der Waals surface area contributed by atoms with E-state index in [0.29, 0.717) is 22.3 Å². The Morgan fingerprint density at radius 1 is 0.960 bits per heavy atom. The number of likely N-dealkylation sites (N-methyl/N-ethyl adjacent to an activating group) is 1. The Labute approximate surface area is 154 Å². The lowest BCUT2D eigenvalue weighted by atomic mass is 10.1. The van der Waals surface area contributed by atoms with E-state index >= 15 is 0 Å². The molecule has 0 amide bonds. The van der Waals surface area contributed by atoms with Crippen LogP contribution < -0.4 is 9.80 Å². The summed E-state index contributed by atoms with van der Waals surface area (Å²) in [4.78, 5) is 28.1. The van der Waals surface area contributed by atoms with Crippen molar-refractivity contribution >= 4 is 46.5 Å². The highest BCUT2D eigenvalue weighted by molar-refractivity contribution is 6.31. The number of hydrogen-bond acceptors (Lipinski definition) is 5. The number of hydrogen-bond donors (Lipinski definition) is 0. The summed E-state index contributed by atoms with van der Waals surface area (Å²) >= 11 is 12.2. The van der Waals surface area contributed by atoms with E-state index in [1.54, 1.807) is 47.2 Å². The molecule has 2 heterocycles. The smallest absolute Gasteiger partial charge is 0.365 e. The molecule has 0 spiro atoms. The van der Waals surface area contributed by atoms with Gasteiger partial charge in [-0.05, 0) is 35.9 Å². The van der Waals surface area contributed by atoms with E-state index in [1.807, 2.05) is 12.1 Å². The van der Waals surface area contributed by atoms with Crippen LogP contribution in [0.2, 0.25) is 10.0 Å². The summed E-state index contributed by atoms with van der Waals surface area (Å²) in [6, 6.07) is 12.5. The van der Waals surface area contributed by atoms with Gasteiger partial charge >= 0.3 is 11.9 Å². The number of carbonyl (C=O) groups excluding carboxylic acids is 2. The predicted octanol–water partition coefficient (Wildman–Crippen LogP) is 3.74. The molecular formula is C18H12Cl2N2O3. The van der Waals surface area contributed by atoms with Gasteiger partial charge < -0.3 is 14.5 Å². The van der Waals surface area contributed by atoms with Crippen LogP contribution in [-0.4, -0.2) is 19.0 Å². The molecule has 2 aromatic rings. The van der Waals surface area contributed by atoms with Crippen molar-refractivity contribution in [2.75, 3.05) is 16.8 Å². The molecule has 0 saturated carbocycles. The SMILES string of the molecule is CN1C2=C(C(=O)OC2=O)N(c2cccc(Cl)c2)Cc2ccc(Cl)cc21. The number of fused-ring (bicyclic) bond motifs is 1. The summed E-state index contributed by atoms with van der Waals surface area (Å²) in [6.07, 6.45) is 0. The van der Waals surface area contributed by atoms with E-state index in [2.05, 4.69) is 0 Å². The van der Waals surface area contributed by atoms with Crippen molar-refractivity contribution in [3.05, 3.63) is 69.5 Å². The summed E-state index contributed by atoms with van der Waals surface area (Å²) in [6.45, 7) is 0.373. The molecule has 2 aliphatic rings. The van der Waals surface area contributed by atoms with Crippen molar-refractivity contribution in [2.24, 2.45) is 0 Å². The van der Waals surface area contributed by atoms with E-state index in [0.717, 1.165) is 11.3 Å². The Balaban J connectivity index is 1.97. The van der Waals surface area contributed by atoms with Gasteiger partial charge in [-0.15, -0.1) is 0 Å². The fourth-order valence-electron chi connectivity index (χ4n) is 3.13. The first-order valence-corrected chi connectivity index (χ1v) is 8.27. The van der Waals surface area contributed by atoms with E-state index in [9.17, 15) is 9.59 Å². The largest absolute Gasteiger partial charge is 0.383 e. The quantitative estimate of drug-likeness (QED) is 0.562. The van der Waals surface area contributed by atoms with Crippen LogP contribution in [-0.2, 0) is 20.9 Å². The van der Waals surface area contributed by atoms with Crippen molar-refractivity contribution < 1.29 is 14.3 Å². The maximum atomic E-state index is 12.4. The first kappa shape index (κ1) is 16.0. The van der Waals surface area contributed by atoms with Crippen molar-refractivity contribution in [3.8, 4) is 0 Å². The van der Waals surface area contributed by atoms with Gasteiger partial charge in [-0.3, -0.25) is 0 Å². The normalized spacial score (nSPS) is 16.6. The van der Waals surface area contributed by atoms with Crippen molar-refractivity contribution in [2.45, 2.75) is 6.54 Å². The number of ether oxygens (including phenoxy) is 1. The summed E-state index contributed by atoms with van der Waals surface area (Å²) in [7, 11) is 1.71. The van der Waals surface area contributed by atoms with Crippen LogP contribution in [0.3, 0.4) is 0 Å². The van der Waals surface area contributed by atoms with Gasteiger partial charge in [0, 0.05) is 28.5 Å². The second kappa shape index (κ2) is 5.79. The summed E-state index contributed by atoms with van der Waals surface area (Å²) < 4.78 is 4.86.